The molecule has 0 aliphatic heterocycles. The van der Waals surface area contributed by atoms with Gasteiger partial charge in [0.05, 0.1) is 6.42 Å². The molecule has 2 rings (SSSR count). The molecule has 0 spiro atoms. The molecule has 98 valence electrons. The van der Waals surface area contributed by atoms with Crippen LogP contribution in [0.25, 0.3) is 0 Å². The van der Waals surface area contributed by atoms with Crippen LogP contribution in [0, 0.1) is 0 Å². The Morgan fingerprint density at radius 3 is 2.16 bits per heavy atom. The van der Waals surface area contributed by atoms with Gasteiger partial charge in [-0.1, -0.05) is 60.7 Å². The summed E-state index contributed by atoms with van der Waals surface area (Å²) in [6.45, 7) is 0.660. The second-order valence-electron chi connectivity index (χ2n) is 4.43. The van der Waals surface area contributed by atoms with Gasteiger partial charge in [-0.15, -0.1) is 0 Å². The average Bonchev–Trinajstić information content (AvgIpc) is 2.45. The molecule has 3 heteroatoms. The summed E-state index contributed by atoms with van der Waals surface area (Å²) in [5.41, 5.74) is 2.15. The average molecular weight is 255 g/mol. The van der Waals surface area contributed by atoms with Gasteiger partial charge in [-0.3, -0.25) is 4.79 Å². The molecule has 0 unspecified atom stereocenters. The molecule has 0 saturated heterocycles. The third kappa shape index (κ3) is 4.23. The molecule has 2 aromatic carbocycles. The summed E-state index contributed by atoms with van der Waals surface area (Å²) < 4.78 is 0. The van der Waals surface area contributed by atoms with Crippen molar-refractivity contribution in [2.24, 2.45) is 0 Å². The lowest BCUT2D eigenvalue weighted by Crippen LogP contribution is -2.23. The molecular weight excluding hydrogens is 238 g/mol. The Bertz CT molecular complexity index is 511. The van der Waals surface area contributed by atoms with Crippen molar-refractivity contribution in [2.45, 2.75) is 19.0 Å². The van der Waals surface area contributed by atoms with E-state index < -0.39 is 5.97 Å². The Balaban J connectivity index is 2.04. The van der Waals surface area contributed by atoms with Crippen molar-refractivity contribution in [2.75, 3.05) is 0 Å². The zero-order chi connectivity index (χ0) is 13.5. The summed E-state index contributed by atoms with van der Waals surface area (Å²) in [6, 6.07) is 19.5. The highest BCUT2D eigenvalue weighted by atomic mass is 16.4. The number of rotatable bonds is 6. The molecule has 0 aliphatic rings. The van der Waals surface area contributed by atoms with Crippen LogP contribution in [0.1, 0.15) is 23.6 Å². The van der Waals surface area contributed by atoms with Gasteiger partial charge in [-0.25, -0.2) is 0 Å². The van der Waals surface area contributed by atoms with Gasteiger partial charge in [-0.2, -0.15) is 0 Å². The summed E-state index contributed by atoms with van der Waals surface area (Å²) >= 11 is 0. The molecule has 0 radical (unpaired) electrons. The van der Waals surface area contributed by atoms with Crippen molar-refractivity contribution < 1.29 is 9.90 Å². The van der Waals surface area contributed by atoms with E-state index in [9.17, 15) is 4.79 Å². The number of hydrogen-bond donors (Lipinski definition) is 2. The van der Waals surface area contributed by atoms with E-state index in [1.54, 1.807) is 0 Å². The van der Waals surface area contributed by atoms with Gasteiger partial charge in [-0.05, 0) is 11.1 Å². The van der Waals surface area contributed by atoms with Gasteiger partial charge < -0.3 is 10.4 Å². The van der Waals surface area contributed by atoms with Gasteiger partial charge in [0, 0.05) is 12.6 Å². The maximum atomic E-state index is 11.0. The standard InChI is InChI=1S/C16H17NO2/c18-16(19)11-15(14-9-5-2-6-10-14)17-12-13-7-3-1-4-8-13/h1-10,15,17H,11-12H2,(H,18,19)/t15-/m0/s1. The van der Waals surface area contributed by atoms with E-state index in [-0.39, 0.29) is 12.5 Å². The predicted molar refractivity (Wildman–Crippen MR) is 74.7 cm³/mol. The highest BCUT2D eigenvalue weighted by Crippen LogP contribution is 2.17. The third-order valence-corrected chi connectivity index (χ3v) is 2.98. The zero-order valence-electron chi connectivity index (χ0n) is 10.6. The van der Waals surface area contributed by atoms with E-state index in [2.05, 4.69) is 5.32 Å². The first-order valence-electron chi connectivity index (χ1n) is 6.30. The third-order valence-electron chi connectivity index (χ3n) is 2.98. The van der Waals surface area contributed by atoms with Gasteiger partial charge in [0.25, 0.3) is 0 Å². The summed E-state index contributed by atoms with van der Waals surface area (Å²) in [4.78, 5) is 11.0. The zero-order valence-corrected chi connectivity index (χ0v) is 10.6. The molecule has 3 nitrogen and oxygen atoms in total. The lowest BCUT2D eigenvalue weighted by atomic mass is 10.0. The molecule has 0 aromatic heterocycles. The van der Waals surface area contributed by atoms with Crippen LogP contribution in [-0.4, -0.2) is 11.1 Å². The van der Waals surface area contributed by atoms with Crippen molar-refractivity contribution >= 4 is 5.97 Å². The van der Waals surface area contributed by atoms with E-state index in [1.807, 2.05) is 60.7 Å². The molecule has 0 aliphatic carbocycles. The first-order chi connectivity index (χ1) is 9.25. The van der Waals surface area contributed by atoms with Crippen molar-refractivity contribution in [1.29, 1.82) is 0 Å². The maximum Gasteiger partial charge on any atom is 0.305 e. The van der Waals surface area contributed by atoms with E-state index in [4.69, 9.17) is 5.11 Å². The number of carboxylic acids is 1. The molecule has 2 N–H and O–H groups in total. The Kier molecular flexibility index (Phi) is 4.70. The minimum absolute atomic E-state index is 0.0802. The lowest BCUT2D eigenvalue weighted by Gasteiger charge is -2.17. The van der Waals surface area contributed by atoms with Gasteiger partial charge in [0.2, 0.25) is 0 Å². The van der Waals surface area contributed by atoms with Crippen molar-refractivity contribution in [3.8, 4) is 0 Å². The highest BCUT2D eigenvalue weighted by molar-refractivity contribution is 5.67. The Morgan fingerprint density at radius 2 is 1.58 bits per heavy atom. The second kappa shape index (κ2) is 6.71. The van der Waals surface area contributed by atoms with E-state index >= 15 is 0 Å². The van der Waals surface area contributed by atoms with Crippen molar-refractivity contribution in [3.63, 3.8) is 0 Å². The van der Waals surface area contributed by atoms with Crippen LogP contribution < -0.4 is 5.32 Å². The minimum atomic E-state index is -0.797. The van der Waals surface area contributed by atoms with Gasteiger partial charge in [0.1, 0.15) is 0 Å². The molecule has 1 atom stereocenters. The number of carbonyl (C=O) groups is 1. The second-order valence-corrected chi connectivity index (χ2v) is 4.43. The maximum absolute atomic E-state index is 11.0. The van der Waals surface area contributed by atoms with Crippen molar-refractivity contribution in [3.05, 3.63) is 71.8 Å². The molecule has 0 fully saturated rings. The van der Waals surface area contributed by atoms with E-state index in [0.717, 1.165) is 11.1 Å². The first-order valence-corrected chi connectivity index (χ1v) is 6.30. The van der Waals surface area contributed by atoms with Crippen LogP contribution in [0.5, 0.6) is 0 Å². The SMILES string of the molecule is O=C(O)C[C@H](NCc1ccccc1)c1ccccc1. The Labute approximate surface area is 112 Å². The first kappa shape index (κ1) is 13.3. The predicted octanol–water partition coefficient (Wildman–Crippen LogP) is 2.99. The largest absolute Gasteiger partial charge is 0.481 e. The fourth-order valence-electron chi connectivity index (χ4n) is 2.00. The highest BCUT2D eigenvalue weighted by Gasteiger charge is 2.14. The van der Waals surface area contributed by atoms with Crippen LogP contribution in [0.3, 0.4) is 0 Å². The summed E-state index contributed by atoms with van der Waals surface area (Å²) in [5, 5.41) is 12.3. The number of hydrogen-bond acceptors (Lipinski definition) is 2. The fraction of sp³-hybridized carbons (Fsp3) is 0.188. The smallest absolute Gasteiger partial charge is 0.305 e. The number of aliphatic carboxylic acids is 1. The monoisotopic (exact) mass is 255 g/mol. The normalized spacial score (nSPS) is 12.0. The molecule has 0 amide bonds. The van der Waals surface area contributed by atoms with Crippen LogP contribution in [-0.2, 0) is 11.3 Å². The molecular formula is C16H17NO2. The molecule has 0 bridgehead atoms. The van der Waals surface area contributed by atoms with Crippen molar-refractivity contribution in [1.82, 2.24) is 5.32 Å². The minimum Gasteiger partial charge on any atom is -0.481 e. The number of carboxylic acid groups (broad SMARTS) is 1. The summed E-state index contributed by atoms with van der Waals surface area (Å²) in [6.07, 6.45) is 0.0802. The Morgan fingerprint density at radius 1 is 1.00 bits per heavy atom. The van der Waals surface area contributed by atoms with Crippen LogP contribution in [0.15, 0.2) is 60.7 Å². The number of benzene rings is 2. The molecule has 0 heterocycles. The lowest BCUT2D eigenvalue weighted by molar-refractivity contribution is -0.137. The molecule has 0 saturated carbocycles. The molecule has 2 aromatic rings. The van der Waals surface area contributed by atoms with E-state index in [0.29, 0.717) is 6.54 Å². The number of nitrogens with one attached hydrogen (secondary N) is 1. The van der Waals surface area contributed by atoms with Crippen LogP contribution >= 0.6 is 0 Å². The summed E-state index contributed by atoms with van der Waals surface area (Å²) in [7, 11) is 0. The quantitative estimate of drug-likeness (QED) is 0.834. The van der Waals surface area contributed by atoms with Crippen LogP contribution in [0.2, 0.25) is 0 Å². The topological polar surface area (TPSA) is 49.3 Å². The fourth-order valence-corrected chi connectivity index (χ4v) is 2.00. The van der Waals surface area contributed by atoms with Gasteiger partial charge >= 0.3 is 5.97 Å². The van der Waals surface area contributed by atoms with Gasteiger partial charge in [0.15, 0.2) is 0 Å². The molecule has 19 heavy (non-hydrogen) atoms. The van der Waals surface area contributed by atoms with E-state index in [1.165, 1.54) is 0 Å². The van der Waals surface area contributed by atoms with Crippen LogP contribution in [0.4, 0.5) is 0 Å². The summed E-state index contributed by atoms with van der Waals surface area (Å²) in [5.74, 6) is -0.797. The Hall–Kier alpha value is -2.13.